The predicted octanol–water partition coefficient (Wildman–Crippen LogP) is 3.19. The Morgan fingerprint density at radius 2 is 2.21 bits per heavy atom. The molecule has 6 nitrogen and oxygen atoms in total. The van der Waals surface area contributed by atoms with Crippen molar-refractivity contribution in [2.75, 3.05) is 18.4 Å². The highest BCUT2D eigenvalue weighted by atomic mass is 19.1. The van der Waals surface area contributed by atoms with E-state index in [2.05, 4.69) is 16.4 Å². The van der Waals surface area contributed by atoms with Crippen molar-refractivity contribution in [2.24, 2.45) is 5.92 Å². The van der Waals surface area contributed by atoms with Gasteiger partial charge in [-0.15, -0.1) is 0 Å². The van der Waals surface area contributed by atoms with Gasteiger partial charge >= 0.3 is 6.03 Å². The summed E-state index contributed by atoms with van der Waals surface area (Å²) in [6, 6.07) is 7.86. The number of benzene rings is 1. The lowest BCUT2D eigenvalue weighted by Crippen LogP contribution is -2.48. The molecule has 1 aliphatic carbocycles. The van der Waals surface area contributed by atoms with Crippen molar-refractivity contribution in [3.05, 3.63) is 65.2 Å². The molecule has 148 valence electrons. The molecule has 29 heavy (non-hydrogen) atoms. The first-order chi connectivity index (χ1) is 14.0. The Morgan fingerprint density at radius 3 is 3.00 bits per heavy atom. The number of aryl methyl sites for hydroxylation is 1. The highest BCUT2D eigenvalue weighted by molar-refractivity contribution is 5.95. The van der Waals surface area contributed by atoms with Crippen molar-refractivity contribution in [1.82, 2.24) is 14.8 Å². The number of carbonyl (C=O) groups excluding carboxylic acids is 2. The summed E-state index contributed by atoms with van der Waals surface area (Å²) in [6.07, 6.45) is 4.91. The zero-order valence-electron chi connectivity index (χ0n) is 16.1. The Morgan fingerprint density at radius 1 is 1.34 bits per heavy atom. The van der Waals surface area contributed by atoms with Gasteiger partial charge in [-0.05, 0) is 60.2 Å². The lowest BCUT2D eigenvalue weighted by molar-refractivity contribution is -0.132. The van der Waals surface area contributed by atoms with E-state index in [1.807, 2.05) is 24.0 Å². The van der Waals surface area contributed by atoms with E-state index in [1.54, 1.807) is 12.3 Å². The van der Waals surface area contributed by atoms with E-state index >= 15 is 0 Å². The lowest BCUT2D eigenvalue weighted by Gasteiger charge is -2.33. The molecular weight excluding hydrogens is 371 g/mol. The van der Waals surface area contributed by atoms with Crippen LogP contribution in [0, 0.1) is 18.7 Å². The summed E-state index contributed by atoms with van der Waals surface area (Å²) < 4.78 is 13.5. The van der Waals surface area contributed by atoms with Gasteiger partial charge in [-0.25, -0.2) is 9.18 Å². The van der Waals surface area contributed by atoms with Crippen LogP contribution < -0.4 is 5.32 Å². The molecule has 1 fully saturated rings. The van der Waals surface area contributed by atoms with Crippen LogP contribution in [-0.2, 0) is 11.3 Å². The maximum atomic E-state index is 13.5. The van der Waals surface area contributed by atoms with Crippen molar-refractivity contribution < 1.29 is 14.0 Å². The van der Waals surface area contributed by atoms with Gasteiger partial charge in [0.2, 0.25) is 5.91 Å². The second kappa shape index (κ2) is 6.69. The second-order valence-electron chi connectivity index (χ2n) is 7.94. The maximum absolute atomic E-state index is 13.5. The Labute approximate surface area is 168 Å². The van der Waals surface area contributed by atoms with Crippen LogP contribution in [0.25, 0.3) is 5.57 Å². The van der Waals surface area contributed by atoms with Crippen LogP contribution in [0.15, 0.2) is 42.6 Å². The summed E-state index contributed by atoms with van der Waals surface area (Å²) in [4.78, 5) is 33.3. The van der Waals surface area contributed by atoms with E-state index in [-0.39, 0.29) is 36.9 Å². The summed E-state index contributed by atoms with van der Waals surface area (Å²) in [5.74, 6) is -0.124. The van der Waals surface area contributed by atoms with Gasteiger partial charge in [0.05, 0.1) is 18.3 Å². The Hall–Kier alpha value is -3.22. The van der Waals surface area contributed by atoms with E-state index in [0.29, 0.717) is 23.7 Å². The second-order valence-corrected chi connectivity index (χ2v) is 7.94. The average molecular weight is 392 g/mol. The number of amides is 3. The first kappa shape index (κ1) is 17.8. The fourth-order valence-corrected chi connectivity index (χ4v) is 4.62. The van der Waals surface area contributed by atoms with Crippen molar-refractivity contribution >= 4 is 23.2 Å². The lowest BCUT2D eigenvalue weighted by atomic mass is 10.0. The number of nitrogens with zero attached hydrogens (tertiary/aromatic N) is 3. The van der Waals surface area contributed by atoms with Crippen LogP contribution in [0.2, 0.25) is 0 Å². The predicted molar refractivity (Wildman–Crippen MR) is 106 cm³/mol. The van der Waals surface area contributed by atoms with Gasteiger partial charge in [0.25, 0.3) is 0 Å². The molecule has 5 rings (SSSR count). The number of carbonyl (C=O) groups is 2. The third-order valence-electron chi connectivity index (χ3n) is 5.99. The molecule has 2 aliphatic heterocycles. The van der Waals surface area contributed by atoms with Crippen LogP contribution in [0.3, 0.4) is 0 Å². The van der Waals surface area contributed by atoms with Crippen LogP contribution in [0.5, 0.6) is 0 Å². The number of hydrogen-bond acceptors (Lipinski definition) is 3. The van der Waals surface area contributed by atoms with Crippen LogP contribution in [0.1, 0.15) is 23.2 Å². The molecule has 3 heterocycles. The van der Waals surface area contributed by atoms with E-state index in [4.69, 9.17) is 0 Å². The molecular formula is C22H21FN4O2. The van der Waals surface area contributed by atoms with Crippen molar-refractivity contribution in [2.45, 2.75) is 25.9 Å². The third-order valence-corrected chi connectivity index (χ3v) is 5.99. The van der Waals surface area contributed by atoms with Crippen LogP contribution in [-0.4, -0.2) is 45.9 Å². The topological polar surface area (TPSA) is 65.5 Å². The SMILES string of the molecule is Cc1cccnc1C1=C[C@H]2C[C@@H]1N(C(=O)CN1Cc3cc(F)ccc3NC1=O)C2. The van der Waals surface area contributed by atoms with Gasteiger partial charge in [-0.3, -0.25) is 9.78 Å². The summed E-state index contributed by atoms with van der Waals surface area (Å²) >= 11 is 0. The quantitative estimate of drug-likeness (QED) is 0.873. The molecule has 3 amide bonds. The summed E-state index contributed by atoms with van der Waals surface area (Å²) in [6.45, 7) is 2.88. The minimum atomic E-state index is -0.358. The van der Waals surface area contributed by atoms with E-state index in [0.717, 1.165) is 23.3 Å². The smallest absolute Gasteiger partial charge is 0.322 e. The number of aromatic nitrogens is 1. The van der Waals surface area contributed by atoms with E-state index in [1.165, 1.54) is 17.0 Å². The number of anilines is 1. The number of nitrogens with one attached hydrogen (secondary N) is 1. The molecule has 1 aromatic heterocycles. The monoisotopic (exact) mass is 392 g/mol. The Balaban J connectivity index is 1.33. The Bertz CT molecular complexity index is 1050. The number of urea groups is 1. The van der Waals surface area contributed by atoms with Gasteiger partial charge in [0, 0.05) is 18.4 Å². The molecule has 2 aromatic rings. The molecule has 0 saturated carbocycles. The van der Waals surface area contributed by atoms with Gasteiger partial charge < -0.3 is 15.1 Å². The molecule has 0 unspecified atom stereocenters. The zero-order chi connectivity index (χ0) is 20.1. The highest BCUT2D eigenvalue weighted by Gasteiger charge is 2.43. The van der Waals surface area contributed by atoms with Crippen LogP contribution >= 0.6 is 0 Å². The van der Waals surface area contributed by atoms with Crippen LogP contribution in [0.4, 0.5) is 14.9 Å². The largest absolute Gasteiger partial charge is 0.333 e. The molecule has 0 radical (unpaired) electrons. The number of pyridine rings is 1. The number of likely N-dealkylation sites (tertiary alicyclic amines) is 1. The normalized spacial score (nSPS) is 22.4. The standard InChI is InChI=1S/C22H21FN4O2/c1-13-3-2-6-24-21(13)17-7-14-8-19(17)27(10-14)20(28)12-26-11-15-9-16(23)4-5-18(15)25-22(26)29/h2-7,9,14,19H,8,10-12H2,1H3,(H,25,29)/t14-,19-/m0/s1. The minimum absolute atomic E-state index is 0.00122. The maximum Gasteiger partial charge on any atom is 0.322 e. The van der Waals surface area contributed by atoms with E-state index in [9.17, 15) is 14.0 Å². The molecule has 1 N–H and O–H groups in total. The van der Waals surface area contributed by atoms with Crippen molar-refractivity contribution in [3.63, 3.8) is 0 Å². The molecule has 1 aromatic carbocycles. The van der Waals surface area contributed by atoms with Crippen molar-refractivity contribution in [3.8, 4) is 0 Å². The molecule has 7 heteroatoms. The first-order valence-electron chi connectivity index (χ1n) is 9.77. The number of hydrogen-bond donors (Lipinski definition) is 1. The molecule has 1 saturated heterocycles. The fourth-order valence-electron chi connectivity index (χ4n) is 4.62. The van der Waals surface area contributed by atoms with Gasteiger partial charge in [-0.2, -0.15) is 0 Å². The molecule has 3 aliphatic rings. The minimum Gasteiger partial charge on any atom is -0.333 e. The summed E-state index contributed by atoms with van der Waals surface area (Å²) in [5.41, 5.74) is 4.40. The number of halogens is 1. The number of fused-ring (bicyclic) bond motifs is 3. The fraction of sp³-hybridized carbons (Fsp3) is 0.318. The third kappa shape index (κ3) is 3.06. The first-order valence-corrected chi connectivity index (χ1v) is 9.77. The highest BCUT2D eigenvalue weighted by Crippen LogP contribution is 2.42. The molecule has 2 bridgehead atoms. The number of rotatable bonds is 3. The Kier molecular flexibility index (Phi) is 4.12. The molecule has 2 atom stereocenters. The summed E-state index contributed by atoms with van der Waals surface area (Å²) in [7, 11) is 0. The van der Waals surface area contributed by atoms with E-state index < -0.39 is 0 Å². The van der Waals surface area contributed by atoms with Gasteiger partial charge in [0.15, 0.2) is 0 Å². The molecule has 0 spiro atoms. The van der Waals surface area contributed by atoms with Gasteiger partial charge in [-0.1, -0.05) is 12.1 Å². The average Bonchev–Trinajstić information content (AvgIpc) is 3.30. The van der Waals surface area contributed by atoms with Crippen molar-refractivity contribution in [1.29, 1.82) is 0 Å². The van der Waals surface area contributed by atoms with Gasteiger partial charge in [0.1, 0.15) is 12.4 Å². The summed E-state index contributed by atoms with van der Waals surface area (Å²) in [5, 5.41) is 2.74. The zero-order valence-corrected chi connectivity index (χ0v) is 16.1.